The number of rotatable bonds is 14. The van der Waals surface area contributed by atoms with Gasteiger partial charge in [0.05, 0.1) is 29.7 Å². The Balaban J connectivity index is 1.60. The van der Waals surface area contributed by atoms with Gasteiger partial charge in [-0.15, -0.1) is 4.31 Å². The third-order valence-electron chi connectivity index (χ3n) is 6.49. The summed E-state index contributed by atoms with van der Waals surface area (Å²) < 4.78 is 28.7. The Hall–Kier alpha value is -3.18. The van der Waals surface area contributed by atoms with Gasteiger partial charge < -0.3 is 26.4 Å². The van der Waals surface area contributed by atoms with Gasteiger partial charge in [0.1, 0.15) is 11.7 Å². The summed E-state index contributed by atoms with van der Waals surface area (Å²) in [4.78, 5) is 25.6. The van der Waals surface area contributed by atoms with Crippen LogP contribution in [0.5, 0.6) is 0 Å². The molecule has 210 valence electrons. The van der Waals surface area contributed by atoms with Crippen molar-refractivity contribution >= 4 is 39.6 Å². The summed E-state index contributed by atoms with van der Waals surface area (Å²) in [5.41, 5.74) is 11.8. The van der Waals surface area contributed by atoms with Gasteiger partial charge in [0.15, 0.2) is 4.90 Å². The van der Waals surface area contributed by atoms with Gasteiger partial charge in [-0.1, -0.05) is 56.3 Å². The molecule has 0 aliphatic rings. The Morgan fingerprint density at radius 3 is 2.49 bits per heavy atom. The van der Waals surface area contributed by atoms with Gasteiger partial charge >= 0.3 is 0 Å². The number of amides is 2. The molecule has 0 saturated heterocycles. The summed E-state index contributed by atoms with van der Waals surface area (Å²) in [6.45, 7) is 4.52. The maximum Gasteiger partial charge on any atom is 0.237 e. The van der Waals surface area contributed by atoms with Gasteiger partial charge in [-0.25, -0.2) is 4.39 Å². The summed E-state index contributed by atoms with van der Waals surface area (Å²) >= 11 is -1.64. The maximum absolute atomic E-state index is 13.6. The second-order valence-electron chi connectivity index (χ2n) is 9.95. The van der Waals surface area contributed by atoms with E-state index in [-0.39, 0.29) is 18.2 Å². The number of nitrogens with one attached hydrogen (secondary N) is 1. The van der Waals surface area contributed by atoms with Crippen molar-refractivity contribution < 1.29 is 23.6 Å². The number of unbranched alkanes of at least 4 members (excludes halogenated alkanes) is 1. The van der Waals surface area contributed by atoms with Crippen LogP contribution in [0.15, 0.2) is 65.6 Å². The number of nitrogens with two attached hydrogens (primary N) is 2. The van der Waals surface area contributed by atoms with E-state index in [1.807, 2.05) is 44.2 Å². The van der Waals surface area contributed by atoms with Gasteiger partial charge in [0.25, 0.3) is 0 Å². The number of primary amides is 1. The van der Waals surface area contributed by atoms with Crippen molar-refractivity contribution in [2.75, 3.05) is 25.4 Å². The number of carbonyl (C=O) groups excluding carboxylic acids is 2. The minimum atomic E-state index is -1.64. The SMILES string of the molecule is CC(C)CN(C(CO)CCCCNC(=O)C(C(N)=O)c1cccc2ccccc12)[S+]([O-])c1ccc(F)c(N)c1. The van der Waals surface area contributed by atoms with Gasteiger partial charge in [0, 0.05) is 19.2 Å². The molecule has 0 heterocycles. The number of hydrogen-bond acceptors (Lipinski definition) is 6. The summed E-state index contributed by atoms with van der Waals surface area (Å²) in [5.74, 6) is -2.72. The predicted octanol–water partition coefficient (Wildman–Crippen LogP) is 3.46. The Labute approximate surface area is 231 Å². The third-order valence-corrected chi connectivity index (χ3v) is 8.02. The fourth-order valence-corrected chi connectivity index (χ4v) is 6.11. The van der Waals surface area contributed by atoms with Gasteiger partial charge in [-0.3, -0.25) is 9.59 Å². The first kappa shape index (κ1) is 30.4. The first-order valence-electron chi connectivity index (χ1n) is 13.0. The van der Waals surface area contributed by atoms with E-state index >= 15 is 0 Å². The second kappa shape index (κ2) is 14.3. The lowest BCUT2D eigenvalue weighted by Gasteiger charge is -2.31. The molecule has 0 bridgehead atoms. The molecule has 8 nitrogen and oxygen atoms in total. The minimum absolute atomic E-state index is 0.0839. The molecular weight excluding hydrogens is 519 g/mol. The molecule has 0 fully saturated rings. The lowest BCUT2D eigenvalue weighted by Crippen LogP contribution is -2.44. The third kappa shape index (κ3) is 7.92. The van der Waals surface area contributed by atoms with Crippen LogP contribution in [0.2, 0.25) is 0 Å². The summed E-state index contributed by atoms with van der Waals surface area (Å²) in [6, 6.07) is 16.5. The Kier molecular flexibility index (Phi) is 11.1. The molecular formula is C29H37FN4O4S. The number of aliphatic hydroxyl groups excluding tert-OH is 1. The zero-order valence-electron chi connectivity index (χ0n) is 22.3. The average Bonchev–Trinajstić information content (AvgIpc) is 2.90. The topological polar surface area (TPSA) is 145 Å². The molecule has 2 amide bonds. The van der Waals surface area contributed by atoms with Crippen molar-refractivity contribution in [1.82, 2.24) is 9.62 Å². The molecule has 0 aromatic heterocycles. The summed E-state index contributed by atoms with van der Waals surface area (Å²) in [6.07, 6.45) is 1.72. The number of fused-ring (bicyclic) bond motifs is 1. The predicted molar refractivity (Wildman–Crippen MR) is 152 cm³/mol. The highest BCUT2D eigenvalue weighted by Gasteiger charge is 2.32. The Morgan fingerprint density at radius 1 is 1.10 bits per heavy atom. The van der Waals surface area contributed by atoms with Crippen molar-refractivity contribution in [1.29, 1.82) is 0 Å². The molecule has 3 aromatic carbocycles. The van der Waals surface area contributed by atoms with Crippen molar-refractivity contribution in [2.45, 2.75) is 50.0 Å². The van der Waals surface area contributed by atoms with Crippen LogP contribution in [0.4, 0.5) is 10.1 Å². The highest BCUT2D eigenvalue weighted by Crippen LogP contribution is 2.27. The number of nitrogens with zero attached hydrogens (tertiary/aromatic N) is 1. The average molecular weight is 557 g/mol. The molecule has 0 radical (unpaired) electrons. The van der Waals surface area contributed by atoms with Crippen LogP contribution in [0.1, 0.15) is 44.6 Å². The molecule has 0 spiro atoms. The second-order valence-corrected chi connectivity index (χ2v) is 11.4. The quantitative estimate of drug-likeness (QED) is 0.104. The fraction of sp³-hybridized carbons (Fsp3) is 0.379. The lowest BCUT2D eigenvalue weighted by atomic mass is 9.92. The largest absolute Gasteiger partial charge is 0.593 e. The normalized spacial score (nSPS) is 13.9. The molecule has 39 heavy (non-hydrogen) atoms. The van der Waals surface area contributed by atoms with Crippen molar-refractivity contribution in [2.24, 2.45) is 11.7 Å². The molecule has 3 aromatic rings. The van der Waals surface area contributed by atoms with Crippen molar-refractivity contribution in [3.8, 4) is 0 Å². The number of carbonyl (C=O) groups is 2. The number of nitrogen functional groups attached to an aromatic ring is 1. The summed E-state index contributed by atoms with van der Waals surface area (Å²) in [5, 5.41) is 14.6. The van der Waals surface area contributed by atoms with Crippen LogP contribution in [0, 0.1) is 11.7 Å². The Bertz CT molecular complexity index is 1270. The highest BCUT2D eigenvalue weighted by molar-refractivity contribution is 7.89. The first-order valence-corrected chi connectivity index (χ1v) is 14.1. The molecule has 0 saturated carbocycles. The van der Waals surface area contributed by atoms with Crippen LogP contribution in [-0.4, -0.2) is 51.5 Å². The van der Waals surface area contributed by atoms with E-state index in [9.17, 15) is 23.6 Å². The number of halogens is 1. The molecule has 3 unspecified atom stereocenters. The lowest BCUT2D eigenvalue weighted by molar-refractivity contribution is -0.129. The van der Waals surface area contributed by atoms with Crippen LogP contribution in [0.25, 0.3) is 10.8 Å². The molecule has 3 atom stereocenters. The van der Waals surface area contributed by atoms with E-state index in [1.54, 1.807) is 16.4 Å². The smallest absolute Gasteiger partial charge is 0.237 e. The fourth-order valence-electron chi connectivity index (χ4n) is 4.55. The van der Waals surface area contributed by atoms with Crippen LogP contribution in [-0.2, 0) is 21.0 Å². The molecule has 10 heteroatoms. The zero-order valence-corrected chi connectivity index (χ0v) is 23.1. The van der Waals surface area contributed by atoms with Gasteiger partial charge in [-0.2, -0.15) is 0 Å². The summed E-state index contributed by atoms with van der Waals surface area (Å²) in [7, 11) is 0. The van der Waals surface area contributed by atoms with Crippen molar-refractivity contribution in [3.63, 3.8) is 0 Å². The number of hydrogen-bond donors (Lipinski definition) is 4. The van der Waals surface area contributed by atoms with Gasteiger partial charge in [0.2, 0.25) is 11.8 Å². The van der Waals surface area contributed by atoms with E-state index in [2.05, 4.69) is 5.32 Å². The first-order chi connectivity index (χ1) is 18.6. The van der Waals surface area contributed by atoms with Gasteiger partial charge in [-0.05, 0) is 53.6 Å². The van der Waals surface area contributed by atoms with E-state index in [1.165, 1.54) is 18.2 Å². The van der Waals surface area contributed by atoms with E-state index in [0.717, 1.165) is 10.8 Å². The maximum atomic E-state index is 13.6. The number of aliphatic hydroxyl groups is 1. The van der Waals surface area contributed by atoms with Crippen LogP contribution < -0.4 is 16.8 Å². The molecule has 3 rings (SSSR count). The monoisotopic (exact) mass is 556 g/mol. The standard InChI is InChI=1S/C29H37FN4O4S/c1-19(2)17-34(39(38)22-13-14-25(30)26(31)16-22)21(18-35)10-5-6-15-33-29(37)27(28(32)36)24-12-7-9-20-8-3-4-11-23(20)24/h3-4,7-9,11-14,16,19,21,27,35H,5-6,10,15,17-18,31H2,1-2H3,(H2,32,36)(H,33,37). The molecule has 6 N–H and O–H groups in total. The highest BCUT2D eigenvalue weighted by atomic mass is 32.2. The number of anilines is 1. The minimum Gasteiger partial charge on any atom is -0.593 e. The van der Waals surface area contributed by atoms with Crippen LogP contribution in [0.3, 0.4) is 0 Å². The van der Waals surface area contributed by atoms with E-state index in [0.29, 0.717) is 42.8 Å². The van der Waals surface area contributed by atoms with Crippen molar-refractivity contribution in [3.05, 3.63) is 72.0 Å². The Morgan fingerprint density at radius 2 is 1.82 bits per heavy atom. The zero-order chi connectivity index (χ0) is 28.5. The number of benzene rings is 3. The van der Waals surface area contributed by atoms with E-state index in [4.69, 9.17) is 11.5 Å². The molecule has 0 aliphatic heterocycles. The van der Waals surface area contributed by atoms with Crippen LogP contribution >= 0.6 is 0 Å². The molecule has 0 aliphatic carbocycles. The van der Waals surface area contributed by atoms with E-state index < -0.39 is 41.0 Å².